The second kappa shape index (κ2) is 4.88. The van der Waals surface area contributed by atoms with Crippen molar-refractivity contribution in [2.75, 3.05) is 31.2 Å². The Hall–Kier alpha value is -2.01. The minimum atomic E-state index is 0.544. The third-order valence-corrected chi connectivity index (χ3v) is 2.58. The average Bonchev–Trinajstić information content (AvgIpc) is 2.36. The van der Waals surface area contributed by atoms with E-state index in [2.05, 4.69) is 10.3 Å². The van der Waals surface area contributed by atoms with Crippen LogP contribution >= 0.6 is 0 Å². The van der Waals surface area contributed by atoms with Crippen LogP contribution in [-0.4, -0.2) is 25.2 Å². The van der Waals surface area contributed by atoms with E-state index in [-0.39, 0.29) is 0 Å². The van der Waals surface area contributed by atoms with E-state index in [4.69, 9.17) is 16.2 Å². The lowest BCUT2D eigenvalue weighted by atomic mass is 10.1. The van der Waals surface area contributed by atoms with Gasteiger partial charge in [-0.15, -0.1) is 0 Å². The summed E-state index contributed by atoms with van der Waals surface area (Å²) in [6.45, 7) is 1.20. The van der Waals surface area contributed by atoms with Crippen LogP contribution in [0.5, 0.6) is 5.75 Å². The van der Waals surface area contributed by atoms with Gasteiger partial charge in [-0.3, -0.25) is 0 Å². The number of anilines is 2. The SMILES string of the molecule is COc1ccc(N)c2c(NCCN)nccc12. The van der Waals surface area contributed by atoms with Gasteiger partial charge in [0.05, 0.1) is 12.5 Å². The van der Waals surface area contributed by atoms with Crippen molar-refractivity contribution in [1.29, 1.82) is 0 Å². The molecule has 2 rings (SSSR count). The first-order chi connectivity index (χ1) is 8.27. The highest BCUT2D eigenvalue weighted by Gasteiger charge is 2.09. The van der Waals surface area contributed by atoms with E-state index >= 15 is 0 Å². The van der Waals surface area contributed by atoms with Gasteiger partial charge in [0.2, 0.25) is 0 Å². The summed E-state index contributed by atoms with van der Waals surface area (Å²) >= 11 is 0. The number of ether oxygens (including phenoxy) is 1. The Morgan fingerprint density at radius 3 is 2.88 bits per heavy atom. The largest absolute Gasteiger partial charge is 0.496 e. The zero-order valence-corrected chi connectivity index (χ0v) is 9.73. The number of nitrogens with two attached hydrogens (primary N) is 2. The molecule has 0 fully saturated rings. The van der Waals surface area contributed by atoms with Gasteiger partial charge in [-0.05, 0) is 18.2 Å². The van der Waals surface area contributed by atoms with E-state index in [0.717, 1.165) is 22.3 Å². The van der Waals surface area contributed by atoms with Crippen molar-refractivity contribution in [2.45, 2.75) is 0 Å². The van der Waals surface area contributed by atoms with Crippen LogP contribution in [0.4, 0.5) is 11.5 Å². The standard InChI is InChI=1S/C12H16N4O/c1-17-10-3-2-9(14)11-8(10)4-6-15-12(11)16-7-5-13/h2-4,6H,5,7,13-14H2,1H3,(H,15,16). The zero-order chi connectivity index (χ0) is 12.3. The lowest BCUT2D eigenvalue weighted by molar-refractivity contribution is 0.420. The highest BCUT2D eigenvalue weighted by molar-refractivity contribution is 6.03. The first kappa shape index (κ1) is 11.5. The molecule has 0 aliphatic heterocycles. The Morgan fingerprint density at radius 1 is 1.35 bits per heavy atom. The molecule has 2 aromatic rings. The monoisotopic (exact) mass is 232 g/mol. The summed E-state index contributed by atoms with van der Waals surface area (Å²) in [6, 6.07) is 5.55. The number of hydrogen-bond donors (Lipinski definition) is 3. The molecule has 0 bridgehead atoms. The van der Waals surface area contributed by atoms with Gasteiger partial charge in [0, 0.05) is 30.4 Å². The van der Waals surface area contributed by atoms with Gasteiger partial charge in [-0.1, -0.05) is 0 Å². The predicted molar refractivity (Wildman–Crippen MR) is 70.3 cm³/mol. The molecule has 5 N–H and O–H groups in total. The molecule has 0 radical (unpaired) electrons. The number of fused-ring (bicyclic) bond motifs is 1. The maximum Gasteiger partial charge on any atom is 0.136 e. The van der Waals surface area contributed by atoms with E-state index in [1.807, 2.05) is 18.2 Å². The smallest absolute Gasteiger partial charge is 0.136 e. The molecule has 1 aromatic heterocycles. The molecule has 5 nitrogen and oxygen atoms in total. The summed E-state index contributed by atoms with van der Waals surface area (Å²) in [5.41, 5.74) is 12.1. The minimum Gasteiger partial charge on any atom is -0.496 e. The average molecular weight is 232 g/mol. The van der Waals surface area contributed by atoms with Crippen molar-refractivity contribution in [3.63, 3.8) is 0 Å². The van der Waals surface area contributed by atoms with Crippen LogP contribution in [0.25, 0.3) is 10.8 Å². The molecule has 0 unspecified atom stereocenters. The molecule has 17 heavy (non-hydrogen) atoms. The molecule has 0 aliphatic carbocycles. The topological polar surface area (TPSA) is 86.2 Å². The second-order valence-corrected chi connectivity index (χ2v) is 3.65. The summed E-state index contributed by atoms with van der Waals surface area (Å²) in [7, 11) is 1.64. The number of pyridine rings is 1. The van der Waals surface area contributed by atoms with Crippen LogP contribution in [0.15, 0.2) is 24.4 Å². The number of nitrogen functional groups attached to an aromatic ring is 1. The third-order valence-electron chi connectivity index (χ3n) is 2.58. The van der Waals surface area contributed by atoms with Gasteiger partial charge in [0.25, 0.3) is 0 Å². The zero-order valence-electron chi connectivity index (χ0n) is 9.73. The Labute approximate surface area is 99.8 Å². The Morgan fingerprint density at radius 2 is 2.18 bits per heavy atom. The van der Waals surface area contributed by atoms with Gasteiger partial charge >= 0.3 is 0 Å². The third kappa shape index (κ3) is 2.09. The highest BCUT2D eigenvalue weighted by Crippen LogP contribution is 2.33. The molecule has 0 aliphatic rings. The van der Waals surface area contributed by atoms with Gasteiger partial charge < -0.3 is 21.5 Å². The molecule has 0 amide bonds. The van der Waals surface area contributed by atoms with Gasteiger partial charge in [-0.2, -0.15) is 0 Å². The van der Waals surface area contributed by atoms with E-state index in [1.165, 1.54) is 0 Å². The second-order valence-electron chi connectivity index (χ2n) is 3.65. The molecule has 5 heteroatoms. The molecular weight excluding hydrogens is 216 g/mol. The van der Waals surface area contributed by atoms with Crippen molar-refractivity contribution in [1.82, 2.24) is 4.98 Å². The van der Waals surface area contributed by atoms with Crippen LogP contribution < -0.4 is 21.5 Å². The maximum absolute atomic E-state index is 5.99. The van der Waals surface area contributed by atoms with Crippen molar-refractivity contribution < 1.29 is 4.74 Å². The fourth-order valence-electron chi connectivity index (χ4n) is 1.80. The summed E-state index contributed by atoms with van der Waals surface area (Å²) in [6.07, 6.45) is 1.73. The Balaban J connectivity index is 2.61. The number of methoxy groups -OCH3 is 1. The summed E-state index contributed by atoms with van der Waals surface area (Å²) < 4.78 is 5.31. The summed E-state index contributed by atoms with van der Waals surface area (Å²) in [5, 5.41) is 4.98. The van der Waals surface area contributed by atoms with Crippen molar-refractivity contribution >= 4 is 22.3 Å². The van der Waals surface area contributed by atoms with Crippen LogP contribution in [0.3, 0.4) is 0 Å². The Bertz CT molecular complexity index is 527. The number of hydrogen-bond acceptors (Lipinski definition) is 5. The van der Waals surface area contributed by atoms with Crippen molar-refractivity contribution in [3.05, 3.63) is 24.4 Å². The molecule has 0 saturated carbocycles. The van der Waals surface area contributed by atoms with Crippen molar-refractivity contribution in [2.24, 2.45) is 5.73 Å². The first-order valence-electron chi connectivity index (χ1n) is 5.43. The Kier molecular flexibility index (Phi) is 3.30. The van der Waals surface area contributed by atoms with E-state index < -0.39 is 0 Å². The summed E-state index contributed by atoms with van der Waals surface area (Å²) in [4.78, 5) is 4.28. The van der Waals surface area contributed by atoms with Gasteiger partial charge in [0.15, 0.2) is 0 Å². The van der Waals surface area contributed by atoms with Crippen LogP contribution in [-0.2, 0) is 0 Å². The minimum absolute atomic E-state index is 0.544. The fourth-order valence-corrected chi connectivity index (χ4v) is 1.80. The molecule has 1 heterocycles. The fraction of sp³-hybridized carbons (Fsp3) is 0.250. The highest BCUT2D eigenvalue weighted by atomic mass is 16.5. The maximum atomic E-state index is 5.99. The van der Waals surface area contributed by atoms with E-state index in [9.17, 15) is 0 Å². The summed E-state index contributed by atoms with van der Waals surface area (Å²) in [5.74, 6) is 1.52. The molecule has 90 valence electrons. The molecule has 0 saturated heterocycles. The number of nitrogens with zero attached hydrogens (tertiary/aromatic N) is 1. The van der Waals surface area contributed by atoms with Crippen LogP contribution in [0.1, 0.15) is 0 Å². The van der Waals surface area contributed by atoms with Crippen LogP contribution in [0.2, 0.25) is 0 Å². The van der Waals surface area contributed by atoms with E-state index in [0.29, 0.717) is 18.8 Å². The molecule has 0 spiro atoms. The lowest BCUT2D eigenvalue weighted by Crippen LogP contribution is -2.14. The van der Waals surface area contributed by atoms with Crippen LogP contribution in [0, 0.1) is 0 Å². The quantitative estimate of drug-likeness (QED) is 0.689. The normalized spacial score (nSPS) is 10.5. The number of nitrogens with one attached hydrogen (secondary N) is 1. The first-order valence-corrected chi connectivity index (χ1v) is 5.43. The molecule has 0 atom stereocenters. The number of rotatable bonds is 4. The molecular formula is C12H16N4O. The van der Waals surface area contributed by atoms with E-state index in [1.54, 1.807) is 13.3 Å². The molecule has 1 aromatic carbocycles. The predicted octanol–water partition coefficient (Wildman–Crippen LogP) is 1.20. The van der Waals surface area contributed by atoms with Gasteiger partial charge in [0.1, 0.15) is 11.6 Å². The number of aromatic nitrogens is 1. The van der Waals surface area contributed by atoms with Crippen molar-refractivity contribution in [3.8, 4) is 5.75 Å². The lowest BCUT2D eigenvalue weighted by Gasteiger charge is -2.12. The van der Waals surface area contributed by atoms with Gasteiger partial charge in [-0.25, -0.2) is 4.98 Å². The number of benzene rings is 1.